The Balaban J connectivity index is 1.70. The first-order valence-corrected chi connectivity index (χ1v) is 7.64. The number of nitrogen functional groups attached to an aromatic ring is 1. The van der Waals surface area contributed by atoms with Gasteiger partial charge in [-0.15, -0.1) is 0 Å². The van der Waals surface area contributed by atoms with Gasteiger partial charge in [0.15, 0.2) is 0 Å². The van der Waals surface area contributed by atoms with Gasteiger partial charge in [-0.2, -0.15) is 0 Å². The molecule has 0 saturated heterocycles. The van der Waals surface area contributed by atoms with Crippen molar-refractivity contribution in [2.75, 3.05) is 5.73 Å². The SMILES string of the molecule is CC(C)(C(=O)NC1CC2CCC1C2)c1ccc(N)cc1. The van der Waals surface area contributed by atoms with E-state index in [-0.39, 0.29) is 5.91 Å². The molecular weight excluding hydrogens is 248 g/mol. The Kier molecular flexibility index (Phi) is 3.23. The maximum Gasteiger partial charge on any atom is 0.230 e. The highest BCUT2D eigenvalue weighted by molar-refractivity contribution is 5.87. The summed E-state index contributed by atoms with van der Waals surface area (Å²) in [7, 11) is 0. The molecule has 1 amide bonds. The van der Waals surface area contributed by atoms with E-state index in [2.05, 4.69) is 5.32 Å². The maximum absolute atomic E-state index is 12.6. The Bertz CT molecular complexity index is 506. The molecule has 20 heavy (non-hydrogen) atoms. The third kappa shape index (κ3) is 2.30. The molecule has 0 heterocycles. The summed E-state index contributed by atoms with van der Waals surface area (Å²) in [6.07, 6.45) is 5.14. The molecule has 2 bridgehead atoms. The first kappa shape index (κ1) is 13.5. The number of hydrogen-bond acceptors (Lipinski definition) is 2. The average Bonchev–Trinajstić information content (AvgIpc) is 3.01. The summed E-state index contributed by atoms with van der Waals surface area (Å²) >= 11 is 0. The van der Waals surface area contributed by atoms with Crippen molar-refractivity contribution >= 4 is 11.6 Å². The number of amides is 1. The van der Waals surface area contributed by atoms with Crippen LogP contribution in [0.25, 0.3) is 0 Å². The predicted octanol–water partition coefficient (Wildman–Crippen LogP) is 2.85. The molecule has 0 radical (unpaired) electrons. The van der Waals surface area contributed by atoms with E-state index < -0.39 is 5.41 Å². The Morgan fingerprint density at radius 2 is 1.90 bits per heavy atom. The highest BCUT2D eigenvalue weighted by Crippen LogP contribution is 2.44. The molecule has 3 heteroatoms. The van der Waals surface area contributed by atoms with E-state index in [0.29, 0.717) is 12.0 Å². The van der Waals surface area contributed by atoms with Crippen LogP contribution in [0.3, 0.4) is 0 Å². The highest BCUT2D eigenvalue weighted by Gasteiger charge is 2.42. The van der Waals surface area contributed by atoms with E-state index in [9.17, 15) is 4.79 Å². The molecule has 2 aliphatic carbocycles. The lowest BCUT2D eigenvalue weighted by Gasteiger charge is -2.30. The fourth-order valence-corrected chi connectivity index (χ4v) is 3.80. The van der Waals surface area contributed by atoms with E-state index in [4.69, 9.17) is 5.73 Å². The zero-order valence-corrected chi connectivity index (χ0v) is 12.4. The van der Waals surface area contributed by atoms with Crippen molar-refractivity contribution < 1.29 is 4.79 Å². The molecule has 3 rings (SSSR count). The van der Waals surface area contributed by atoms with Crippen molar-refractivity contribution in [2.24, 2.45) is 11.8 Å². The van der Waals surface area contributed by atoms with Crippen LogP contribution in [0.15, 0.2) is 24.3 Å². The number of carbonyl (C=O) groups is 1. The van der Waals surface area contributed by atoms with Crippen LogP contribution in [0.4, 0.5) is 5.69 Å². The van der Waals surface area contributed by atoms with Gasteiger partial charge in [0, 0.05) is 11.7 Å². The first-order chi connectivity index (χ1) is 9.46. The Morgan fingerprint density at radius 3 is 2.45 bits per heavy atom. The minimum Gasteiger partial charge on any atom is -0.399 e. The number of fused-ring (bicyclic) bond motifs is 2. The second-order valence-corrected chi connectivity index (χ2v) is 7.00. The fourth-order valence-electron chi connectivity index (χ4n) is 3.80. The third-order valence-corrected chi connectivity index (χ3v) is 5.25. The summed E-state index contributed by atoms with van der Waals surface area (Å²) in [5, 5.41) is 3.29. The van der Waals surface area contributed by atoms with E-state index in [1.165, 1.54) is 25.7 Å². The van der Waals surface area contributed by atoms with Gasteiger partial charge < -0.3 is 11.1 Å². The van der Waals surface area contributed by atoms with E-state index in [1.807, 2.05) is 38.1 Å². The molecule has 0 spiro atoms. The number of carbonyl (C=O) groups excluding carboxylic acids is 1. The van der Waals surface area contributed by atoms with Gasteiger partial charge in [-0.3, -0.25) is 4.79 Å². The lowest BCUT2D eigenvalue weighted by molar-refractivity contribution is -0.126. The molecule has 108 valence electrons. The summed E-state index contributed by atoms with van der Waals surface area (Å²) in [6.45, 7) is 3.97. The molecule has 0 aromatic heterocycles. The van der Waals surface area contributed by atoms with Gasteiger partial charge in [0.1, 0.15) is 0 Å². The molecule has 2 aliphatic rings. The number of benzene rings is 1. The van der Waals surface area contributed by atoms with Gasteiger partial charge in [0.05, 0.1) is 5.41 Å². The standard InChI is InChI=1S/C17H24N2O/c1-17(2,13-5-7-14(18)8-6-13)16(20)19-15-10-11-3-4-12(15)9-11/h5-8,11-12,15H,3-4,9-10,18H2,1-2H3,(H,19,20). The summed E-state index contributed by atoms with van der Waals surface area (Å²) in [4.78, 5) is 12.6. The topological polar surface area (TPSA) is 55.1 Å². The van der Waals surface area contributed by atoms with Crippen molar-refractivity contribution in [3.05, 3.63) is 29.8 Å². The first-order valence-electron chi connectivity index (χ1n) is 7.64. The van der Waals surface area contributed by atoms with Crippen LogP contribution in [0.1, 0.15) is 45.1 Å². The summed E-state index contributed by atoms with van der Waals surface area (Å²) in [5.74, 6) is 1.70. The third-order valence-electron chi connectivity index (χ3n) is 5.25. The van der Waals surface area contributed by atoms with Crippen LogP contribution in [0.2, 0.25) is 0 Å². The van der Waals surface area contributed by atoms with Crippen molar-refractivity contribution in [3.8, 4) is 0 Å². The normalized spacial score (nSPS) is 28.6. The fraction of sp³-hybridized carbons (Fsp3) is 0.588. The molecule has 3 N–H and O–H groups in total. The second-order valence-electron chi connectivity index (χ2n) is 7.00. The van der Waals surface area contributed by atoms with Crippen LogP contribution in [0, 0.1) is 11.8 Å². The van der Waals surface area contributed by atoms with Gasteiger partial charge in [-0.25, -0.2) is 0 Å². The lowest BCUT2D eigenvalue weighted by Crippen LogP contribution is -2.47. The largest absolute Gasteiger partial charge is 0.399 e. The van der Waals surface area contributed by atoms with Gasteiger partial charge in [0.25, 0.3) is 0 Å². The number of nitrogens with one attached hydrogen (secondary N) is 1. The Hall–Kier alpha value is -1.51. The van der Waals surface area contributed by atoms with Crippen LogP contribution in [-0.2, 0) is 10.2 Å². The van der Waals surface area contributed by atoms with Crippen LogP contribution < -0.4 is 11.1 Å². The molecule has 3 atom stereocenters. The van der Waals surface area contributed by atoms with Crippen LogP contribution >= 0.6 is 0 Å². The monoisotopic (exact) mass is 272 g/mol. The van der Waals surface area contributed by atoms with E-state index in [0.717, 1.165) is 17.2 Å². The number of hydrogen-bond donors (Lipinski definition) is 2. The predicted molar refractivity (Wildman–Crippen MR) is 81.3 cm³/mol. The van der Waals surface area contributed by atoms with Crippen molar-refractivity contribution in [3.63, 3.8) is 0 Å². The van der Waals surface area contributed by atoms with Crippen LogP contribution in [-0.4, -0.2) is 11.9 Å². The molecule has 3 nitrogen and oxygen atoms in total. The molecule has 1 aromatic carbocycles. The Labute approximate surface area is 120 Å². The molecule has 0 aliphatic heterocycles. The Morgan fingerprint density at radius 1 is 1.20 bits per heavy atom. The lowest BCUT2D eigenvalue weighted by atomic mass is 9.82. The van der Waals surface area contributed by atoms with Crippen molar-refractivity contribution in [1.82, 2.24) is 5.32 Å². The molecular formula is C17H24N2O. The van der Waals surface area contributed by atoms with Crippen molar-refractivity contribution in [2.45, 2.75) is 51.0 Å². The minimum absolute atomic E-state index is 0.139. The maximum atomic E-state index is 12.6. The zero-order chi connectivity index (χ0) is 14.3. The van der Waals surface area contributed by atoms with E-state index in [1.54, 1.807) is 0 Å². The average molecular weight is 272 g/mol. The molecule has 2 fully saturated rings. The summed E-state index contributed by atoms with van der Waals surface area (Å²) in [6, 6.07) is 8.03. The number of rotatable bonds is 3. The number of anilines is 1. The number of nitrogens with two attached hydrogens (primary N) is 1. The molecule has 3 unspecified atom stereocenters. The van der Waals surface area contributed by atoms with Crippen molar-refractivity contribution in [1.29, 1.82) is 0 Å². The highest BCUT2D eigenvalue weighted by atomic mass is 16.2. The minimum atomic E-state index is -0.504. The van der Waals surface area contributed by atoms with Crippen LogP contribution in [0.5, 0.6) is 0 Å². The zero-order valence-electron chi connectivity index (χ0n) is 12.4. The summed E-state index contributed by atoms with van der Waals surface area (Å²) < 4.78 is 0. The quantitative estimate of drug-likeness (QED) is 0.831. The smallest absolute Gasteiger partial charge is 0.230 e. The summed E-state index contributed by atoms with van der Waals surface area (Å²) in [5.41, 5.74) is 6.97. The second kappa shape index (κ2) is 4.80. The molecule has 1 aromatic rings. The molecule has 2 saturated carbocycles. The van der Waals surface area contributed by atoms with Gasteiger partial charge in [-0.05, 0) is 62.6 Å². The van der Waals surface area contributed by atoms with Gasteiger partial charge >= 0.3 is 0 Å². The van der Waals surface area contributed by atoms with Gasteiger partial charge in [0.2, 0.25) is 5.91 Å². The van der Waals surface area contributed by atoms with E-state index >= 15 is 0 Å². The van der Waals surface area contributed by atoms with Gasteiger partial charge in [-0.1, -0.05) is 18.6 Å².